The van der Waals surface area contributed by atoms with Gasteiger partial charge in [0.1, 0.15) is 0 Å². The highest BCUT2D eigenvalue weighted by Gasteiger charge is 2.03. The molecular formula is C15H12Br2ClN3O. The van der Waals surface area contributed by atoms with Crippen LogP contribution in [0, 0.1) is 0 Å². The van der Waals surface area contributed by atoms with E-state index in [1.54, 1.807) is 24.4 Å². The molecule has 7 heteroatoms. The molecule has 0 unspecified atom stereocenters. The average Bonchev–Trinajstić information content (AvgIpc) is 2.46. The molecule has 0 heterocycles. The van der Waals surface area contributed by atoms with Crippen molar-refractivity contribution in [1.29, 1.82) is 0 Å². The zero-order valence-electron chi connectivity index (χ0n) is 11.3. The summed E-state index contributed by atoms with van der Waals surface area (Å²) in [7, 11) is 0. The van der Waals surface area contributed by atoms with Crippen molar-refractivity contribution in [2.45, 2.75) is 0 Å². The lowest BCUT2D eigenvalue weighted by molar-refractivity contribution is -0.119. The number of anilines is 1. The van der Waals surface area contributed by atoms with Crippen LogP contribution in [0.1, 0.15) is 5.56 Å². The average molecular weight is 446 g/mol. The van der Waals surface area contributed by atoms with Crippen molar-refractivity contribution in [2.24, 2.45) is 5.10 Å². The molecule has 0 aliphatic carbocycles. The minimum absolute atomic E-state index is 0.107. The first kappa shape index (κ1) is 17.0. The number of hydrazone groups is 1. The molecule has 0 spiro atoms. The van der Waals surface area contributed by atoms with Crippen LogP contribution in [0.2, 0.25) is 5.02 Å². The lowest BCUT2D eigenvalue weighted by Crippen LogP contribution is -2.26. The van der Waals surface area contributed by atoms with Gasteiger partial charge in [-0.3, -0.25) is 4.79 Å². The van der Waals surface area contributed by atoms with Gasteiger partial charge >= 0.3 is 0 Å². The fraction of sp³-hybridized carbons (Fsp3) is 0.0667. The Labute approximate surface area is 150 Å². The van der Waals surface area contributed by atoms with Crippen LogP contribution in [-0.2, 0) is 4.79 Å². The zero-order valence-corrected chi connectivity index (χ0v) is 15.2. The molecule has 0 aliphatic heterocycles. The predicted molar refractivity (Wildman–Crippen MR) is 97.5 cm³/mol. The fourth-order valence-corrected chi connectivity index (χ4v) is 2.85. The summed E-state index contributed by atoms with van der Waals surface area (Å²) >= 11 is 12.6. The Balaban J connectivity index is 1.83. The lowest BCUT2D eigenvalue weighted by atomic mass is 10.2. The maximum atomic E-state index is 11.7. The summed E-state index contributed by atoms with van der Waals surface area (Å²) in [5.41, 5.74) is 4.14. The summed E-state index contributed by atoms with van der Waals surface area (Å²) in [6.45, 7) is 0.107. The van der Waals surface area contributed by atoms with Crippen LogP contribution in [-0.4, -0.2) is 18.7 Å². The van der Waals surface area contributed by atoms with Gasteiger partial charge in [0.25, 0.3) is 5.91 Å². The summed E-state index contributed by atoms with van der Waals surface area (Å²) in [5.74, 6) is -0.243. The molecule has 114 valence electrons. The summed E-state index contributed by atoms with van der Waals surface area (Å²) in [6, 6.07) is 12.9. The first-order valence-corrected chi connectivity index (χ1v) is 8.27. The third kappa shape index (κ3) is 5.44. The summed E-state index contributed by atoms with van der Waals surface area (Å²) < 4.78 is 1.75. The molecule has 2 aromatic rings. The molecule has 4 nitrogen and oxygen atoms in total. The van der Waals surface area contributed by atoms with E-state index in [1.165, 1.54) is 0 Å². The summed E-state index contributed by atoms with van der Waals surface area (Å²) in [5, 5.41) is 7.54. The van der Waals surface area contributed by atoms with Gasteiger partial charge in [0, 0.05) is 19.7 Å². The van der Waals surface area contributed by atoms with E-state index in [2.05, 4.69) is 47.7 Å². The van der Waals surface area contributed by atoms with Gasteiger partial charge in [-0.1, -0.05) is 39.7 Å². The highest BCUT2D eigenvalue weighted by atomic mass is 79.9. The van der Waals surface area contributed by atoms with E-state index >= 15 is 0 Å². The molecule has 22 heavy (non-hydrogen) atoms. The molecule has 2 rings (SSSR count). The van der Waals surface area contributed by atoms with E-state index in [-0.39, 0.29) is 12.5 Å². The van der Waals surface area contributed by atoms with Crippen LogP contribution in [0.4, 0.5) is 5.69 Å². The maximum Gasteiger partial charge on any atom is 0.259 e. The summed E-state index contributed by atoms with van der Waals surface area (Å²) in [6.07, 6.45) is 1.58. The molecule has 0 saturated carbocycles. The van der Waals surface area contributed by atoms with E-state index in [1.807, 2.05) is 24.3 Å². The molecule has 0 saturated heterocycles. The Morgan fingerprint density at radius 1 is 1.23 bits per heavy atom. The van der Waals surface area contributed by atoms with Crippen molar-refractivity contribution in [3.8, 4) is 0 Å². The Morgan fingerprint density at radius 3 is 2.77 bits per heavy atom. The van der Waals surface area contributed by atoms with Crippen LogP contribution in [0.3, 0.4) is 0 Å². The number of nitrogens with zero attached hydrogens (tertiary/aromatic N) is 1. The number of amides is 1. The van der Waals surface area contributed by atoms with Crippen LogP contribution >= 0.6 is 43.5 Å². The van der Waals surface area contributed by atoms with E-state index in [0.717, 1.165) is 20.2 Å². The van der Waals surface area contributed by atoms with Gasteiger partial charge in [0.15, 0.2) is 0 Å². The topological polar surface area (TPSA) is 53.5 Å². The SMILES string of the molecule is O=C(CNc1ccc(Cl)cc1Br)N/N=C/c1cccc(Br)c1. The second-order valence-electron chi connectivity index (χ2n) is 4.33. The molecule has 0 bridgehead atoms. The molecular weight excluding hydrogens is 433 g/mol. The minimum atomic E-state index is -0.243. The van der Waals surface area contributed by atoms with Crippen LogP contribution in [0.25, 0.3) is 0 Å². The molecule has 0 radical (unpaired) electrons. The molecule has 0 fully saturated rings. The van der Waals surface area contributed by atoms with Gasteiger partial charge in [-0.15, -0.1) is 0 Å². The molecule has 1 amide bonds. The third-order valence-corrected chi connectivity index (χ3v) is 4.01. The van der Waals surface area contributed by atoms with Crippen molar-refractivity contribution in [2.75, 3.05) is 11.9 Å². The Hall–Kier alpha value is -1.37. The normalized spacial score (nSPS) is 10.7. The van der Waals surface area contributed by atoms with Gasteiger partial charge in [-0.25, -0.2) is 5.43 Å². The molecule has 0 aromatic heterocycles. The predicted octanol–water partition coefficient (Wildman–Crippen LogP) is 4.43. The van der Waals surface area contributed by atoms with Crippen molar-refractivity contribution >= 4 is 61.3 Å². The molecule has 0 atom stereocenters. The van der Waals surface area contributed by atoms with Crippen LogP contribution in [0.5, 0.6) is 0 Å². The molecule has 2 aromatic carbocycles. The number of hydrogen-bond acceptors (Lipinski definition) is 3. The first-order valence-electron chi connectivity index (χ1n) is 6.31. The Morgan fingerprint density at radius 2 is 2.05 bits per heavy atom. The highest BCUT2D eigenvalue weighted by molar-refractivity contribution is 9.10. The highest BCUT2D eigenvalue weighted by Crippen LogP contribution is 2.25. The van der Waals surface area contributed by atoms with Crippen LogP contribution in [0.15, 0.2) is 56.5 Å². The number of rotatable bonds is 5. The molecule has 0 aliphatic rings. The van der Waals surface area contributed by atoms with Crippen LogP contribution < -0.4 is 10.7 Å². The van der Waals surface area contributed by atoms with E-state index < -0.39 is 0 Å². The van der Waals surface area contributed by atoms with Crippen molar-refractivity contribution in [3.63, 3.8) is 0 Å². The number of carbonyl (C=O) groups is 1. The number of hydrogen-bond donors (Lipinski definition) is 2. The minimum Gasteiger partial charge on any atom is -0.375 e. The lowest BCUT2D eigenvalue weighted by Gasteiger charge is -2.07. The van der Waals surface area contributed by atoms with E-state index in [0.29, 0.717) is 5.02 Å². The van der Waals surface area contributed by atoms with Gasteiger partial charge in [0.2, 0.25) is 0 Å². The number of benzene rings is 2. The number of carbonyl (C=O) groups excluding carboxylic acids is 1. The smallest absolute Gasteiger partial charge is 0.259 e. The Bertz CT molecular complexity index is 707. The third-order valence-electron chi connectivity index (χ3n) is 2.62. The van der Waals surface area contributed by atoms with Gasteiger partial charge in [0.05, 0.1) is 12.8 Å². The van der Waals surface area contributed by atoms with Gasteiger partial charge in [-0.2, -0.15) is 5.10 Å². The first-order chi connectivity index (χ1) is 10.5. The van der Waals surface area contributed by atoms with Gasteiger partial charge in [-0.05, 0) is 51.8 Å². The zero-order chi connectivity index (χ0) is 15.9. The van der Waals surface area contributed by atoms with Crippen molar-refractivity contribution < 1.29 is 4.79 Å². The molecule has 2 N–H and O–H groups in total. The number of halogens is 3. The van der Waals surface area contributed by atoms with Crippen molar-refractivity contribution in [1.82, 2.24) is 5.43 Å². The Kier molecular flexibility index (Phi) is 6.42. The van der Waals surface area contributed by atoms with E-state index in [9.17, 15) is 4.79 Å². The van der Waals surface area contributed by atoms with Crippen molar-refractivity contribution in [3.05, 3.63) is 62.0 Å². The van der Waals surface area contributed by atoms with E-state index in [4.69, 9.17) is 11.6 Å². The standard InChI is InChI=1S/C15H12Br2ClN3O/c16-11-3-1-2-10(6-11)8-20-21-15(22)9-19-14-5-4-12(18)7-13(14)17/h1-8,19H,9H2,(H,21,22)/b20-8+. The fourth-order valence-electron chi connectivity index (χ4n) is 1.61. The van der Waals surface area contributed by atoms with Gasteiger partial charge < -0.3 is 5.32 Å². The quantitative estimate of drug-likeness (QED) is 0.529. The second kappa shape index (κ2) is 8.31. The maximum absolute atomic E-state index is 11.7. The second-order valence-corrected chi connectivity index (χ2v) is 6.53. The monoisotopic (exact) mass is 443 g/mol. The summed E-state index contributed by atoms with van der Waals surface area (Å²) in [4.78, 5) is 11.7. The number of nitrogens with one attached hydrogen (secondary N) is 2. The largest absolute Gasteiger partial charge is 0.375 e.